The van der Waals surface area contributed by atoms with Gasteiger partial charge in [-0.2, -0.15) is 0 Å². The van der Waals surface area contributed by atoms with Gasteiger partial charge in [0.15, 0.2) is 0 Å². The Balaban J connectivity index is 1.36. The number of aromatic nitrogens is 1. The highest BCUT2D eigenvalue weighted by Crippen LogP contribution is 2.32. The van der Waals surface area contributed by atoms with Gasteiger partial charge >= 0.3 is 5.97 Å². The van der Waals surface area contributed by atoms with Gasteiger partial charge in [-0.3, -0.25) is 10.1 Å². The summed E-state index contributed by atoms with van der Waals surface area (Å²) in [6.07, 6.45) is 0. The first kappa shape index (κ1) is 23.0. The molecule has 3 aromatic carbocycles. The van der Waals surface area contributed by atoms with Crippen molar-refractivity contribution >= 4 is 49.7 Å². The van der Waals surface area contributed by atoms with Gasteiger partial charge in [-0.15, -0.1) is 10.2 Å². The molecule has 0 fully saturated rings. The van der Waals surface area contributed by atoms with E-state index in [1.165, 1.54) is 23.5 Å². The number of carbonyl (C=O) groups is 1. The average Bonchev–Trinajstić information content (AvgIpc) is 3.28. The van der Waals surface area contributed by atoms with Gasteiger partial charge in [0.25, 0.3) is 5.69 Å². The number of esters is 1. The number of carbonyl (C=O) groups excluding carboxylic acids is 1. The Hall–Kier alpha value is -4.18. The predicted molar refractivity (Wildman–Crippen MR) is 132 cm³/mol. The van der Waals surface area contributed by atoms with Crippen LogP contribution in [0, 0.1) is 10.1 Å². The number of hydrogen-bond acceptors (Lipinski definition) is 9. The molecule has 0 aliphatic carbocycles. The van der Waals surface area contributed by atoms with Crippen molar-refractivity contribution in [2.24, 2.45) is 10.2 Å². The normalized spacial score (nSPS) is 11.1. The minimum atomic E-state index is -0.436. The third-order valence-corrected chi connectivity index (χ3v) is 5.93. The van der Waals surface area contributed by atoms with Crippen molar-refractivity contribution in [2.45, 2.75) is 6.92 Å². The molecule has 0 N–H and O–H groups in total. The number of nitrogens with zero attached hydrogens (tertiary/aromatic N) is 5. The van der Waals surface area contributed by atoms with Gasteiger partial charge in [0.1, 0.15) is 6.61 Å². The quantitative estimate of drug-likeness (QED) is 0.121. The first-order valence-corrected chi connectivity index (χ1v) is 11.4. The summed E-state index contributed by atoms with van der Waals surface area (Å²) in [5.41, 5.74) is 2.83. The third kappa shape index (κ3) is 5.59. The van der Waals surface area contributed by atoms with Gasteiger partial charge in [0, 0.05) is 24.4 Å². The van der Waals surface area contributed by atoms with Crippen molar-refractivity contribution < 1.29 is 14.5 Å². The summed E-state index contributed by atoms with van der Waals surface area (Å²) in [7, 11) is 0. The van der Waals surface area contributed by atoms with E-state index in [-0.39, 0.29) is 18.3 Å². The number of rotatable bonds is 9. The summed E-state index contributed by atoms with van der Waals surface area (Å²) >= 11 is 1.24. The second kappa shape index (κ2) is 10.6. The zero-order valence-electron chi connectivity index (χ0n) is 18.3. The number of likely N-dealkylation sites (N-methyl/N-ethyl adjacent to an activating group) is 1. The molecule has 1 heterocycles. The van der Waals surface area contributed by atoms with Crippen LogP contribution in [0.5, 0.6) is 0 Å². The van der Waals surface area contributed by atoms with Crippen LogP contribution in [0.25, 0.3) is 10.2 Å². The van der Waals surface area contributed by atoms with E-state index in [2.05, 4.69) is 20.1 Å². The highest BCUT2D eigenvalue weighted by Gasteiger charge is 2.11. The second-order valence-electron chi connectivity index (χ2n) is 7.20. The van der Waals surface area contributed by atoms with E-state index < -0.39 is 4.92 Å². The molecular formula is C24H21N5O4S. The number of azo groups is 1. The van der Waals surface area contributed by atoms with Crippen LogP contribution in [0.3, 0.4) is 0 Å². The van der Waals surface area contributed by atoms with Crippen LogP contribution in [0.15, 0.2) is 83.0 Å². The summed E-state index contributed by atoms with van der Waals surface area (Å²) in [6.45, 7) is 3.62. The summed E-state index contributed by atoms with van der Waals surface area (Å²) in [6, 6.07) is 21.0. The van der Waals surface area contributed by atoms with E-state index in [4.69, 9.17) is 4.74 Å². The van der Waals surface area contributed by atoms with Crippen LogP contribution in [-0.4, -0.2) is 35.6 Å². The van der Waals surface area contributed by atoms with Crippen LogP contribution in [-0.2, 0) is 4.74 Å². The molecule has 0 unspecified atom stereocenters. The van der Waals surface area contributed by atoms with Gasteiger partial charge in [0.2, 0.25) is 5.13 Å². The van der Waals surface area contributed by atoms with Crippen molar-refractivity contribution in [2.75, 3.05) is 24.6 Å². The lowest BCUT2D eigenvalue weighted by molar-refractivity contribution is -0.384. The Morgan fingerprint density at radius 3 is 2.56 bits per heavy atom. The molecule has 0 amide bonds. The van der Waals surface area contributed by atoms with Crippen LogP contribution >= 0.6 is 11.3 Å². The van der Waals surface area contributed by atoms with Gasteiger partial charge in [-0.25, -0.2) is 9.78 Å². The Morgan fingerprint density at radius 2 is 1.85 bits per heavy atom. The lowest BCUT2D eigenvalue weighted by atomic mass is 10.2. The number of hydrogen-bond donors (Lipinski definition) is 0. The molecule has 9 nitrogen and oxygen atoms in total. The Labute approximate surface area is 199 Å². The predicted octanol–water partition coefficient (Wildman–Crippen LogP) is 6.30. The second-order valence-corrected chi connectivity index (χ2v) is 8.21. The molecule has 4 rings (SSSR count). The summed E-state index contributed by atoms with van der Waals surface area (Å²) < 4.78 is 6.07. The van der Waals surface area contributed by atoms with E-state index in [1.54, 1.807) is 30.3 Å². The molecule has 0 aliphatic heterocycles. The number of benzene rings is 3. The molecule has 4 aromatic rings. The Morgan fingerprint density at radius 1 is 1.09 bits per heavy atom. The number of anilines is 1. The zero-order chi connectivity index (χ0) is 23.9. The van der Waals surface area contributed by atoms with Gasteiger partial charge < -0.3 is 9.64 Å². The monoisotopic (exact) mass is 475 g/mol. The summed E-state index contributed by atoms with van der Waals surface area (Å²) in [4.78, 5) is 29.0. The highest BCUT2D eigenvalue weighted by atomic mass is 32.1. The molecule has 1 aromatic heterocycles. The molecule has 0 atom stereocenters. The lowest BCUT2D eigenvalue weighted by Crippen LogP contribution is -2.27. The van der Waals surface area contributed by atoms with Crippen molar-refractivity contribution in [1.29, 1.82) is 0 Å². The Bertz CT molecular complexity index is 1320. The molecule has 172 valence electrons. The Kier molecular flexibility index (Phi) is 7.19. The van der Waals surface area contributed by atoms with Crippen molar-refractivity contribution in [3.63, 3.8) is 0 Å². The van der Waals surface area contributed by atoms with Crippen LogP contribution in [0.1, 0.15) is 17.3 Å². The first-order valence-electron chi connectivity index (χ1n) is 10.6. The number of nitro benzene ring substituents is 1. The van der Waals surface area contributed by atoms with E-state index in [0.29, 0.717) is 33.1 Å². The fraction of sp³-hybridized carbons (Fsp3) is 0.167. The number of ether oxygens (including phenoxy) is 1. The molecule has 0 bridgehead atoms. The highest BCUT2D eigenvalue weighted by molar-refractivity contribution is 7.21. The number of non-ortho nitro benzene ring substituents is 1. The molecule has 0 aliphatic rings. The first-order chi connectivity index (χ1) is 16.5. The van der Waals surface area contributed by atoms with E-state index >= 15 is 0 Å². The van der Waals surface area contributed by atoms with Gasteiger partial charge in [-0.1, -0.05) is 29.5 Å². The average molecular weight is 476 g/mol. The van der Waals surface area contributed by atoms with Crippen LogP contribution in [0.2, 0.25) is 0 Å². The van der Waals surface area contributed by atoms with Crippen molar-refractivity contribution in [1.82, 2.24) is 4.98 Å². The number of fused-ring (bicyclic) bond motifs is 1. The van der Waals surface area contributed by atoms with Gasteiger partial charge in [0.05, 0.1) is 32.9 Å². The maximum absolute atomic E-state index is 12.1. The largest absolute Gasteiger partial charge is 0.460 e. The fourth-order valence-electron chi connectivity index (χ4n) is 3.26. The molecule has 34 heavy (non-hydrogen) atoms. The standard InChI is InChI=1S/C24H21N5O4S/c1-2-28(14-15-33-23(30)17-6-4-3-5-7-17)19-10-8-18(9-11-19)26-27-24-25-21-13-12-20(29(31)32)16-22(21)34-24/h3-13,16H,2,14-15H2,1H3. The zero-order valence-corrected chi connectivity index (χ0v) is 19.1. The number of thiazole rings is 1. The minimum Gasteiger partial charge on any atom is -0.460 e. The van der Waals surface area contributed by atoms with Crippen LogP contribution < -0.4 is 4.90 Å². The smallest absolute Gasteiger partial charge is 0.338 e. The fourth-order valence-corrected chi connectivity index (χ4v) is 4.08. The molecule has 10 heteroatoms. The lowest BCUT2D eigenvalue weighted by Gasteiger charge is -2.22. The van der Waals surface area contributed by atoms with E-state index in [9.17, 15) is 14.9 Å². The molecular weight excluding hydrogens is 454 g/mol. The number of nitro groups is 1. The SMILES string of the molecule is CCN(CCOC(=O)c1ccccc1)c1ccc(N=Nc2nc3ccc([N+](=O)[O-])cc3s2)cc1. The summed E-state index contributed by atoms with van der Waals surface area (Å²) in [5, 5.41) is 19.8. The minimum absolute atomic E-state index is 0.0190. The van der Waals surface area contributed by atoms with Crippen LogP contribution in [0.4, 0.5) is 22.2 Å². The maximum Gasteiger partial charge on any atom is 0.338 e. The van der Waals surface area contributed by atoms with E-state index in [0.717, 1.165) is 12.2 Å². The van der Waals surface area contributed by atoms with Crippen molar-refractivity contribution in [3.8, 4) is 0 Å². The molecule has 0 saturated carbocycles. The third-order valence-electron chi connectivity index (χ3n) is 5.02. The van der Waals surface area contributed by atoms with Gasteiger partial charge in [-0.05, 0) is 49.4 Å². The van der Waals surface area contributed by atoms with E-state index in [1.807, 2.05) is 37.3 Å². The van der Waals surface area contributed by atoms with Crippen molar-refractivity contribution in [3.05, 3.63) is 88.5 Å². The molecule has 0 spiro atoms. The molecule has 0 radical (unpaired) electrons. The maximum atomic E-state index is 12.1. The summed E-state index contributed by atoms with van der Waals surface area (Å²) in [5.74, 6) is -0.336. The topological polar surface area (TPSA) is 110 Å². The molecule has 0 saturated heterocycles.